The molecule has 21 heavy (non-hydrogen) atoms. The summed E-state index contributed by atoms with van der Waals surface area (Å²) in [4.78, 5) is 0. The van der Waals surface area contributed by atoms with Gasteiger partial charge in [-0.15, -0.1) is 0 Å². The third-order valence-electron chi connectivity index (χ3n) is 3.71. The Balaban J connectivity index is 2.28. The monoisotopic (exact) mass is 294 g/mol. The predicted octanol–water partition coefficient (Wildman–Crippen LogP) is 4.62. The molecule has 0 heterocycles. The van der Waals surface area contributed by atoms with Gasteiger partial charge in [-0.25, -0.2) is 0 Å². The minimum Gasteiger partial charge on any atom is -0.493 e. The van der Waals surface area contributed by atoms with Gasteiger partial charge in [-0.05, 0) is 37.5 Å². The molecular formula is C18H30O3. The molecule has 0 aromatic heterocycles. The van der Waals surface area contributed by atoms with Crippen molar-refractivity contribution in [3.05, 3.63) is 23.8 Å². The van der Waals surface area contributed by atoms with Crippen LogP contribution < -0.4 is 9.47 Å². The van der Waals surface area contributed by atoms with Crippen LogP contribution in [0.3, 0.4) is 0 Å². The van der Waals surface area contributed by atoms with Gasteiger partial charge < -0.3 is 14.2 Å². The smallest absolute Gasteiger partial charge is 0.160 e. The Labute approximate surface area is 129 Å². The van der Waals surface area contributed by atoms with Crippen LogP contribution in [0, 0.1) is 0 Å². The van der Waals surface area contributed by atoms with Crippen molar-refractivity contribution in [3.63, 3.8) is 0 Å². The lowest BCUT2D eigenvalue weighted by Gasteiger charge is -2.14. The van der Waals surface area contributed by atoms with E-state index in [1.807, 2.05) is 12.1 Å². The standard InChI is InChI=1S/C18H30O3/c1-5-6-7-8-9-15(2)21-13-12-16-10-11-17(19-3)18(14-16)20-4/h10-11,14-15H,5-9,12-13H2,1-4H3. The second-order valence-corrected chi connectivity index (χ2v) is 5.47. The molecule has 1 aromatic carbocycles. The highest BCUT2D eigenvalue weighted by atomic mass is 16.5. The fourth-order valence-electron chi connectivity index (χ4n) is 2.36. The fourth-order valence-corrected chi connectivity index (χ4v) is 2.36. The summed E-state index contributed by atoms with van der Waals surface area (Å²) in [7, 11) is 3.32. The first-order valence-electron chi connectivity index (χ1n) is 8.03. The van der Waals surface area contributed by atoms with Crippen LogP contribution in [0.1, 0.15) is 51.5 Å². The first-order chi connectivity index (χ1) is 10.2. The number of rotatable bonds is 11. The number of unbranched alkanes of at least 4 members (excludes halogenated alkanes) is 3. The van der Waals surface area contributed by atoms with Crippen molar-refractivity contribution >= 4 is 0 Å². The molecule has 0 spiro atoms. The third kappa shape index (κ3) is 6.85. The highest BCUT2D eigenvalue weighted by molar-refractivity contribution is 5.42. The molecule has 0 saturated heterocycles. The first kappa shape index (κ1) is 17.8. The molecule has 3 heteroatoms. The van der Waals surface area contributed by atoms with Crippen molar-refractivity contribution in [3.8, 4) is 11.5 Å². The maximum atomic E-state index is 5.88. The van der Waals surface area contributed by atoms with Crippen LogP contribution >= 0.6 is 0 Å². The Morgan fingerprint density at radius 3 is 2.43 bits per heavy atom. The maximum absolute atomic E-state index is 5.88. The Morgan fingerprint density at radius 1 is 1.00 bits per heavy atom. The van der Waals surface area contributed by atoms with Gasteiger partial charge in [-0.2, -0.15) is 0 Å². The number of methoxy groups -OCH3 is 2. The number of hydrogen-bond acceptors (Lipinski definition) is 3. The Bertz CT molecular complexity index is 390. The quantitative estimate of drug-likeness (QED) is 0.557. The van der Waals surface area contributed by atoms with Gasteiger partial charge in [0, 0.05) is 0 Å². The molecule has 0 bridgehead atoms. The summed E-state index contributed by atoms with van der Waals surface area (Å²) < 4.78 is 16.4. The molecule has 1 atom stereocenters. The summed E-state index contributed by atoms with van der Waals surface area (Å²) >= 11 is 0. The van der Waals surface area contributed by atoms with Crippen LogP contribution in [0.5, 0.6) is 11.5 Å². The minimum atomic E-state index is 0.349. The van der Waals surface area contributed by atoms with E-state index in [1.165, 1.54) is 31.2 Å². The number of benzene rings is 1. The molecule has 0 aliphatic carbocycles. The Morgan fingerprint density at radius 2 is 1.76 bits per heavy atom. The van der Waals surface area contributed by atoms with Crippen LogP contribution in [0.25, 0.3) is 0 Å². The summed E-state index contributed by atoms with van der Waals surface area (Å²) in [5.74, 6) is 1.55. The van der Waals surface area contributed by atoms with Crippen molar-refractivity contribution in [2.45, 2.75) is 58.5 Å². The van der Waals surface area contributed by atoms with Gasteiger partial charge in [0.25, 0.3) is 0 Å². The molecule has 0 aliphatic rings. The lowest BCUT2D eigenvalue weighted by molar-refractivity contribution is 0.0606. The van der Waals surface area contributed by atoms with E-state index >= 15 is 0 Å². The molecule has 0 fully saturated rings. The molecular weight excluding hydrogens is 264 g/mol. The summed E-state index contributed by atoms with van der Waals surface area (Å²) in [6.07, 6.45) is 7.62. The first-order valence-corrected chi connectivity index (χ1v) is 8.03. The van der Waals surface area contributed by atoms with E-state index in [1.54, 1.807) is 14.2 Å². The molecule has 1 unspecified atom stereocenters. The lowest BCUT2D eigenvalue weighted by atomic mass is 10.1. The largest absolute Gasteiger partial charge is 0.493 e. The molecule has 1 rings (SSSR count). The highest BCUT2D eigenvalue weighted by Gasteiger charge is 2.06. The van der Waals surface area contributed by atoms with E-state index in [2.05, 4.69) is 19.9 Å². The molecule has 1 aromatic rings. The highest BCUT2D eigenvalue weighted by Crippen LogP contribution is 2.27. The van der Waals surface area contributed by atoms with Gasteiger partial charge in [0.1, 0.15) is 0 Å². The zero-order valence-corrected chi connectivity index (χ0v) is 14.0. The second-order valence-electron chi connectivity index (χ2n) is 5.47. The number of ether oxygens (including phenoxy) is 3. The molecule has 0 N–H and O–H groups in total. The van der Waals surface area contributed by atoms with Gasteiger partial charge in [0.15, 0.2) is 11.5 Å². The van der Waals surface area contributed by atoms with Crippen LogP contribution in [0.15, 0.2) is 18.2 Å². The van der Waals surface area contributed by atoms with Gasteiger partial charge in [-0.1, -0.05) is 38.7 Å². The van der Waals surface area contributed by atoms with Crippen molar-refractivity contribution in [1.29, 1.82) is 0 Å². The normalized spacial score (nSPS) is 12.2. The van der Waals surface area contributed by atoms with E-state index < -0.39 is 0 Å². The summed E-state index contributed by atoms with van der Waals surface area (Å²) in [6.45, 7) is 5.16. The molecule has 120 valence electrons. The van der Waals surface area contributed by atoms with Crippen molar-refractivity contribution in [1.82, 2.24) is 0 Å². The zero-order chi connectivity index (χ0) is 15.5. The van der Waals surface area contributed by atoms with Crippen molar-refractivity contribution in [2.75, 3.05) is 20.8 Å². The van der Waals surface area contributed by atoms with E-state index in [4.69, 9.17) is 14.2 Å². The Kier molecular flexibility index (Phi) is 8.91. The zero-order valence-electron chi connectivity index (χ0n) is 14.0. The minimum absolute atomic E-state index is 0.349. The van der Waals surface area contributed by atoms with E-state index in [0.717, 1.165) is 30.9 Å². The van der Waals surface area contributed by atoms with Crippen LogP contribution in [0.2, 0.25) is 0 Å². The van der Waals surface area contributed by atoms with Crippen molar-refractivity contribution in [2.24, 2.45) is 0 Å². The molecule has 0 saturated carbocycles. The second kappa shape index (κ2) is 10.5. The maximum Gasteiger partial charge on any atom is 0.160 e. The van der Waals surface area contributed by atoms with Crippen LogP contribution in [-0.4, -0.2) is 26.9 Å². The van der Waals surface area contributed by atoms with E-state index in [0.29, 0.717) is 6.10 Å². The molecule has 0 radical (unpaired) electrons. The number of hydrogen-bond donors (Lipinski definition) is 0. The fraction of sp³-hybridized carbons (Fsp3) is 0.667. The van der Waals surface area contributed by atoms with Gasteiger partial charge in [0.05, 0.1) is 26.9 Å². The van der Waals surface area contributed by atoms with Gasteiger partial charge >= 0.3 is 0 Å². The molecule has 0 amide bonds. The average Bonchev–Trinajstić information content (AvgIpc) is 2.51. The van der Waals surface area contributed by atoms with Gasteiger partial charge in [-0.3, -0.25) is 0 Å². The summed E-state index contributed by atoms with van der Waals surface area (Å²) in [5.41, 5.74) is 1.21. The Hall–Kier alpha value is -1.22. The molecule has 0 aliphatic heterocycles. The summed E-state index contributed by atoms with van der Waals surface area (Å²) in [6, 6.07) is 6.03. The van der Waals surface area contributed by atoms with E-state index in [9.17, 15) is 0 Å². The topological polar surface area (TPSA) is 27.7 Å². The van der Waals surface area contributed by atoms with Crippen LogP contribution in [-0.2, 0) is 11.2 Å². The SMILES string of the molecule is CCCCCCC(C)OCCc1ccc(OC)c(OC)c1. The van der Waals surface area contributed by atoms with Crippen molar-refractivity contribution < 1.29 is 14.2 Å². The lowest BCUT2D eigenvalue weighted by Crippen LogP contribution is -2.10. The molecule has 3 nitrogen and oxygen atoms in total. The average molecular weight is 294 g/mol. The summed E-state index contributed by atoms with van der Waals surface area (Å²) in [5, 5.41) is 0. The van der Waals surface area contributed by atoms with Crippen LogP contribution in [0.4, 0.5) is 0 Å². The third-order valence-corrected chi connectivity index (χ3v) is 3.71. The van der Waals surface area contributed by atoms with E-state index in [-0.39, 0.29) is 0 Å². The van der Waals surface area contributed by atoms with Gasteiger partial charge in [0.2, 0.25) is 0 Å². The predicted molar refractivity (Wildman–Crippen MR) is 87.4 cm³/mol.